The number of anilines is 1. The van der Waals surface area contributed by atoms with Crippen molar-refractivity contribution in [3.63, 3.8) is 0 Å². The molecular weight excluding hydrogens is 420 g/mol. The number of carbonyl (C=O) groups is 1. The van der Waals surface area contributed by atoms with E-state index < -0.39 is 21.5 Å². The maximum atomic E-state index is 13.3. The zero-order chi connectivity index (χ0) is 21.5. The van der Waals surface area contributed by atoms with E-state index in [2.05, 4.69) is 10.0 Å². The lowest BCUT2D eigenvalue weighted by atomic mass is 9.74. The third-order valence-electron chi connectivity index (χ3n) is 5.60. The molecule has 1 aliphatic heterocycles. The molecule has 0 bridgehead atoms. The summed E-state index contributed by atoms with van der Waals surface area (Å²) in [7, 11) is -3.93. The fraction of sp³-hybridized carbons (Fsp3) is 0.174. The minimum Gasteiger partial charge on any atom is -0.325 e. The van der Waals surface area contributed by atoms with Crippen molar-refractivity contribution in [2.24, 2.45) is 0 Å². The summed E-state index contributed by atoms with van der Waals surface area (Å²) in [5.74, 6) is -0.291. The maximum absolute atomic E-state index is 13.3. The Kier molecular flexibility index (Phi) is 5.18. The van der Waals surface area contributed by atoms with Crippen molar-refractivity contribution < 1.29 is 13.2 Å². The number of carbonyl (C=O) groups excluding carboxylic acids is 1. The number of fused-ring (bicyclic) bond motifs is 1. The third kappa shape index (κ3) is 3.41. The van der Waals surface area contributed by atoms with Gasteiger partial charge in [0.25, 0.3) is 0 Å². The van der Waals surface area contributed by atoms with Gasteiger partial charge in [0.15, 0.2) is 0 Å². The van der Waals surface area contributed by atoms with E-state index in [4.69, 9.17) is 11.6 Å². The molecule has 2 N–H and O–H groups in total. The van der Waals surface area contributed by atoms with E-state index in [1.165, 1.54) is 0 Å². The largest absolute Gasteiger partial charge is 0.325 e. The highest BCUT2D eigenvalue weighted by atomic mass is 35.5. The van der Waals surface area contributed by atoms with Gasteiger partial charge in [0.2, 0.25) is 15.9 Å². The van der Waals surface area contributed by atoms with Gasteiger partial charge in [-0.05, 0) is 49.2 Å². The molecule has 3 aromatic carbocycles. The molecule has 4 rings (SSSR count). The van der Waals surface area contributed by atoms with Crippen molar-refractivity contribution in [3.8, 4) is 0 Å². The van der Waals surface area contributed by atoms with Gasteiger partial charge in [-0.15, -0.1) is 0 Å². The van der Waals surface area contributed by atoms with Crippen molar-refractivity contribution >= 4 is 33.2 Å². The van der Waals surface area contributed by atoms with Crippen LogP contribution in [0.4, 0.5) is 5.69 Å². The lowest BCUT2D eigenvalue weighted by Gasteiger charge is -2.34. The summed E-state index contributed by atoms with van der Waals surface area (Å²) in [6, 6.07) is 19.9. The minimum absolute atomic E-state index is 0.125. The predicted octanol–water partition coefficient (Wildman–Crippen LogP) is 4.58. The molecule has 1 aliphatic rings. The maximum Gasteiger partial charge on any atom is 0.241 e. The van der Waals surface area contributed by atoms with Gasteiger partial charge in [0.05, 0.1) is 16.4 Å². The molecular formula is C23H21ClN2O3S. The summed E-state index contributed by atoms with van der Waals surface area (Å²) in [4.78, 5) is 13.3. The van der Waals surface area contributed by atoms with E-state index in [1.54, 1.807) is 61.5 Å². The summed E-state index contributed by atoms with van der Waals surface area (Å²) in [5, 5.41) is 3.26. The number of sulfonamides is 1. The average molecular weight is 441 g/mol. The van der Waals surface area contributed by atoms with Gasteiger partial charge in [-0.2, -0.15) is 0 Å². The van der Waals surface area contributed by atoms with Gasteiger partial charge < -0.3 is 5.32 Å². The Balaban J connectivity index is 1.88. The Morgan fingerprint density at radius 3 is 2.30 bits per heavy atom. The van der Waals surface area contributed by atoms with Crippen LogP contribution < -0.4 is 10.0 Å². The molecule has 0 unspecified atom stereocenters. The van der Waals surface area contributed by atoms with E-state index in [0.717, 1.165) is 5.56 Å². The fourth-order valence-corrected chi connectivity index (χ4v) is 5.40. The van der Waals surface area contributed by atoms with Crippen molar-refractivity contribution in [3.05, 3.63) is 94.5 Å². The Morgan fingerprint density at radius 2 is 1.60 bits per heavy atom. The smallest absolute Gasteiger partial charge is 0.241 e. The average Bonchev–Trinajstić information content (AvgIpc) is 2.98. The van der Waals surface area contributed by atoms with Crippen LogP contribution in [-0.4, -0.2) is 14.3 Å². The van der Waals surface area contributed by atoms with Crippen LogP contribution in [0.5, 0.6) is 0 Å². The first-order valence-corrected chi connectivity index (χ1v) is 11.3. The standard InChI is InChI=1S/C23H21ClN2O3S/c1-15-11-13-16(14-12-15)30(28,29)26-21(17-7-3-5-9-19(17)24)23(2)18-8-4-6-10-20(18)25-22(23)27/h3-14,21,26H,1-2H3,(H,25,27)/t21-,23+/m1/s1. The zero-order valence-corrected chi connectivity index (χ0v) is 18.1. The molecule has 0 aromatic heterocycles. The molecule has 0 spiro atoms. The van der Waals surface area contributed by atoms with Crippen molar-refractivity contribution in [1.29, 1.82) is 0 Å². The molecule has 2 atom stereocenters. The molecule has 154 valence electrons. The molecule has 0 fully saturated rings. The number of hydrogen-bond donors (Lipinski definition) is 2. The molecule has 0 aliphatic carbocycles. The molecule has 30 heavy (non-hydrogen) atoms. The summed E-state index contributed by atoms with van der Waals surface area (Å²) in [6.45, 7) is 3.62. The number of aryl methyl sites for hydroxylation is 1. The lowest BCUT2D eigenvalue weighted by Crippen LogP contribution is -2.46. The first-order valence-electron chi connectivity index (χ1n) is 9.48. The number of hydrogen-bond acceptors (Lipinski definition) is 3. The number of benzene rings is 3. The van der Waals surface area contributed by atoms with Crippen molar-refractivity contribution in [2.45, 2.75) is 30.2 Å². The molecule has 7 heteroatoms. The molecule has 0 radical (unpaired) electrons. The van der Waals surface area contributed by atoms with E-state index in [1.807, 2.05) is 25.1 Å². The third-order valence-corrected chi connectivity index (χ3v) is 7.39. The van der Waals surface area contributed by atoms with E-state index >= 15 is 0 Å². The predicted molar refractivity (Wildman–Crippen MR) is 118 cm³/mol. The fourth-order valence-electron chi connectivity index (χ4n) is 3.85. The summed E-state index contributed by atoms with van der Waals surface area (Å²) < 4.78 is 29.3. The Morgan fingerprint density at radius 1 is 0.967 bits per heavy atom. The monoisotopic (exact) mass is 440 g/mol. The van der Waals surface area contributed by atoms with Crippen LogP contribution in [-0.2, 0) is 20.2 Å². The number of amides is 1. The van der Waals surface area contributed by atoms with Crippen LogP contribution in [0.25, 0.3) is 0 Å². The van der Waals surface area contributed by atoms with Crippen LogP contribution in [0.3, 0.4) is 0 Å². The number of para-hydroxylation sites is 1. The van der Waals surface area contributed by atoms with Crippen LogP contribution in [0, 0.1) is 6.92 Å². The lowest BCUT2D eigenvalue weighted by molar-refractivity contribution is -0.121. The Hall–Kier alpha value is -2.67. The van der Waals surface area contributed by atoms with E-state index in [-0.39, 0.29) is 10.8 Å². The van der Waals surface area contributed by atoms with E-state index in [9.17, 15) is 13.2 Å². The molecule has 5 nitrogen and oxygen atoms in total. The van der Waals surface area contributed by atoms with Gasteiger partial charge >= 0.3 is 0 Å². The van der Waals surface area contributed by atoms with E-state index in [0.29, 0.717) is 21.8 Å². The molecule has 1 amide bonds. The SMILES string of the molecule is Cc1ccc(S(=O)(=O)N[C@H](c2ccccc2Cl)[C@@]2(C)C(=O)Nc3ccccc32)cc1. The molecule has 0 saturated carbocycles. The molecule has 1 heterocycles. The first-order chi connectivity index (χ1) is 14.2. The van der Waals surface area contributed by atoms with Gasteiger partial charge in [-0.25, -0.2) is 13.1 Å². The van der Waals surface area contributed by atoms with Gasteiger partial charge in [-0.1, -0.05) is 65.7 Å². The summed E-state index contributed by atoms with van der Waals surface area (Å²) >= 11 is 6.46. The Bertz CT molecular complexity index is 1230. The van der Waals surface area contributed by atoms with Gasteiger partial charge in [0, 0.05) is 10.7 Å². The van der Waals surface area contributed by atoms with Crippen LogP contribution in [0.2, 0.25) is 5.02 Å². The first kappa shape index (κ1) is 20.6. The second-order valence-corrected chi connectivity index (χ2v) is 9.71. The van der Waals surface area contributed by atoms with Gasteiger partial charge in [-0.3, -0.25) is 4.79 Å². The highest BCUT2D eigenvalue weighted by Crippen LogP contribution is 2.47. The van der Waals surface area contributed by atoms with Crippen molar-refractivity contribution in [1.82, 2.24) is 4.72 Å². The van der Waals surface area contributed by atoms with Crippen LogP contribution >= 0.6 is 11.6 Å². The second kappa shape index (κ2) is 7.54. The number of nitrogens with one attached hydrogen (secondary N) is 2. The van der Waals surface area contributed by atoms with Gasteiger partial charge in [0.1, 0.15) is 0 Å². The molecule has 0 saturated heterocycles. The minimum atomic E-state index is -3.93. The normalized spacial score (nSPS) is 19.2. The highest BCUT2D eigenvalue weighted by molar-refractivity contribution is 7.89. The highest BCUT2D eigenvalue weighted by Gasteiger charge is 2.51. The summed E-state index contributed by atoms with van der Waals surface area (Å²) in [5.41, 5.74) is 1.67. The number of halogens is 1. The van der Waals surface area contributed by atoms with Crippen LogP contribution in [0.1, 0.15) is 29.7 Å². The number of rotatable bonds is 5. The summed E-state index contributed by atoms with van der Waals surface area (Å²) in [6.07, 6.45) is 0. The second-order valence-electron chi connectivity index (χ2n) is 7.59. The topological polar surface area (TPSA) is 75.3 Å². The van der Waals surface area contributed by atoms with Crippen molar-refractivity contribution in [2.75, 3.05) is 5.32 Å². The Labute approximate surface area is 181 Å². The van der Waals surface area contributed by atoms with Crippen LogP contribution in [0.15, 0.2) is 77.7 Å². The quantitative estimate of drug-likeness (QED) is 0.609. The molecule has 3 aromatic rings. The zero-order valence-electron chi connectivity index (χ0n) is 16.5.